The fourth-order valence-corrected chi connectivity index (χ4v) is 3.38. The molecule has 0 fully saturated rings. The van der Waals surface area contributed by atoms with Crippen molar-refractivity contribution in [1.29, 1.82) is 0 Å². The molecule has 8 nitrogen and oxygen atoms in total. The number of aromatic nitrogens is 3. The third-order valence-corrected chi connectivity index (χ3v) is 4.87. The van der Waals surface area contributed by atoms with Gasteiger partial charge in [0.1, 0.15) is 17.2 Å². The van der Waals surface area contributed by atoms with E-state index in [1.807, 2.05) is 32.9 Å². The predicted octanol–water partition coefficient (Wildman–Crippen LogP) is 3.00. The second-order valence-corrected chi connectivity index (χ2v) is 8.55. The van der Waals surface area contributed by atoms with Gasteiger partial charge in [0.05, 0.1) is 0 Å². The first-order valence-corrected chi connectivity index (χ1v) is 10.6. The molecule has 1 aromatic carbocycles. The third kappa shape index (κ3) is 6.30. The van der Waals surface area contributed by atoms with Crippen LogP contribution in [0.5, 0.6) is 0 Å². The molecule has 0 bridgehead atoms. The zero-order valence-corrected chi connectivity index (χ0v) is 18.0. The van der Waals surface area contributed by atoms with Crippen LogP contribution < -0.4 is 10.6 Å². The van der Waals surface area contributed by atoms with E-state index in [9.17, 15) is 9.59 Å². The first-order valence-electron chi connectivity index (χ1n) is 10.6. The van der Waals surface area contributed by atoms with E-state index in [0.29, 0.717) is 25.1 Å². The number of hydrogen-bond acceptors (Lipinski definition) is 5. The molecule has 2 amide bonds. The quantitative estimate of drug-likeness (QED) is 0.759. The summed E-state index contributed by atoms with van der Waals surface area (Å²) in [5.74, 6) is 1.87. The topological polar surface area (TPSA) is 98.1 Å². The van der Waals surface area contributed by atoms with Gasteiger partial charge < -0.3 is 19.9 Å². The van der Waals surface area contributed by atoms with Gasteiger partial charge in [-0.3, -0.25) is 4.79 Å². The zero-order valence-electron chi connectivity index (χ0n) is 18.0. The molecule has 0 saturated carbocycles. The van der Waals surface area contributed by atoms with Crippen molar-refractivity contribution in [2.45, 2.75) is 71.6 Å². The average Bonchev–Trinajstić information content (AvgIpc) is 2.92. The molecule has 2 heterocycles. The highest BCUT2D eigenvalue weighted by molar-refractivity contribution is 5.94. The highest BCUT2D eigenvalue weighted by atomic mass is 16.6. The van der Waals surface area contributed by atoms with Gasteiger partial charge in [0.15, 0.2) is 0 Å². The Morgan fingerprint density at radius 3 is 2.57 bits per heavy atom. The van der Waals surface area contributed by atoms with Crippen LogP contribution >= 0.6 is 0 Å². The maximum absolute atomic E-state index is 12.4. The molecule has 0 radical (unpaired) electrons. The molecule has 1 aromatic heterocycles. The van der Waals surface area contributed by atoms with Gasteiger partial charge in [-0.15, -0.1) is 10.2 Å². The normalized spacial score (nSPS) is 13.8. The summed E-state index contributed by atoms with van der Waals surface area (Å²) in [4.78, 5) is 24.1. The van der Waals surface area contributed by atoms with Gasteiger partial charge in [-0.05, 0) is 51.3 Å². The number of hydrogen-bond donors (Lipinski definition) is 2. The van der Waals surface area contributed by atoms with Crippen LogP contribution in [0.25, 0.3) is 0 Å². The number of benzene rings is 1. The Labute approximate surface area is 177 Å². The minimum absolute atomic E-state index is 0.128. The molecule has 2 aromatic rings. The number of aryl methyl sites for hydroxylation is 1. The number of nitrogens with zero attached hydrogens (tertiary/aromatic N) is 3. The van der Waals surface area contributed by atoms with Crippen LogP contribution in [0.1, 0.15) is 67.6 Å². The summed E-state index contributed by atoms with van der Waals surface area (Å²) >= 11 is 0. The van der Waals surface area contributed by atoms with Gasteiger partial charge in [0.25, 0.3) is 5.91 Å². The second-order valence-electron chi connectivity index (χ2n) is 8.55. The number of ether oxygens (including phenoxy) is 1. The molecule has 0 unspecified atom stereocenters. The van der Waals surface area contributed by atoms with E-state index in [-0.39, 0.29) is 5.91 Å². The van der Waals surface area contributed by atoms with Gasteiger partial charge in [0, 0.05) is 38.0 Å². The molecule has 0 spiro atoms. The van der Waals surface area contributed by atoms with Gasteiger partial charge in [-0.1, -0.05) is 18.6 Å². The van der Waals surface area contributed by atoms with Crippen LogP contribution in [-0.4, -0.2) is 38.9 Å². The Hall–Kier alpha value is -2.90. The van der Waals surface area contributed by atoms with Crippen molar-refractivity contribution in [2.24, 2.45) is 0 Å². The van der Waals surface area contributed by atoms with Crippen LogP contribution in [0.15, 0.2) is 24.3 Å². The fraction of sp³-hybridized carbons (Fsp3) is 0.545. The van der Waals surface area contributed by atoms with E-state index in [2.05, 4.69) is 25.4 Å². The monoisotopic (exact) mass is 413 g/mol. The van der Waals surface area contributed by atoms with Gasteiger partial charge in [-0.2, -0.15) is 0 Å². The molecule has 0 aliphatic carbocycles. The standard InChI is InChI=1S/C22H31N5O3/c1-22(2,3)30-21(29)24-15-16-8-10-17(11-9-16)20(28)23-13-12-19-26-25-18-7-5-4-6-14-27(18)19/h8-11H,4-7,12-15H2,1-3H3,(H,23,28)(H,24,29). The number of alkyl carbamates (subject to hydrolysis) is 1. The molecule has 2 N–H and O–H groups in total. The van der Waals surface area contributed by atoms with Crippen molar-refractivity contribution in [2.75, 3.05) is 6.54 Å². The first kappa shape index (κ1) is 21.8. The molecule has 8 heteroatoms. The average molecular weight is 414 g/mol. The Morgan fingerprint density at radius 1 is 1.07 bits per heavy atom. The summed E-state index contributed by atoms with van der Waals surface area (Å²) in [5, 5.41) is 14.2. The summed E-state index contributed by atoms with van der Waals surface area (Å²) in [6.07, 6.45) is 4.72. The molecule has 0 atom stereocenters. The highest BCUT2D eigenvalue weighted by Crippen LogP contribution is 2.14. The third-order valence-electron chi connectivity index (χ3n) is 4.87. The van der Waals surface area contributed by atoms with E-state index in [0.717, 1.165) is 43.0 Å². The molecular weight excluding hydrogens is 382 g/mol. The summed E-state index contributed by atoms with van der Waals surface area (Å²) in [5.41, 5.74) is 0.941. The predicted molar refractivity (Wildman–Crippen MR) is 113 cm³/mol. The molecule has 1 aliphatic heterocycles. The van der Waals surface area contributed by atoms with Gasteiger partial charge in [-0.25, -0.2) is 4.79 Å². The van der Waals surface area contributed by atoms with E-state index in [1.165, 1.54) is 6.42 Å². The Morgan fingerprint density at radius 2 is 1.83 bits per heavy atom. The number of nitrogens with one attached hydrogen (secondary N) is 2. The molecule has 30 heavy (non-hydrogen) atoms. The molecule has 0 saturated heterocycles. The number of amides is 2. The Bertz CT molecular complexity index is 868. The maximum Gasteiger partial charge on any atom is 0.407 e. The van der Waals surface area contributed by atoms with E-state index in [1.54, 1.807) is 12.1 Å². The minimum atomic E-state index is -0.531. The summed E-state index contributed by atoms with van der Waals surface area (Å²) in [6.45, 7) is 7.27. The fourth-order valence-electron chi connectivity index (χ4n) is 3.38. The number of carbonyl (C=O) groups is 2. The van der Waals surface area contributed by atoms with Crippen LogP contribution in [0.4, 0.5) is 4.79 Å². The second kappa shape index (κ2) is 9.73. The first-order chi connectivity index (χ1) is 14.3. The molecule has 1 aliphatic rings. The largest absolute Gasteiger partial charge is 0.444 e. The Balaban J connectivity index is 1.45. The Kier molecular flexibility index (Phi) is 7.07. The van der Waals surface area contributed by atoms with Crippen LogP contribution in [-0.2, 0) is 30.7 Å². The summed E-state index contributed by atoms with van der Waals surface area (Å²) in [7, 11) is 0. The van der Waals surface area contributed by atoms with Crippen LogP contribution in [0.3, 0.4) is 0 Å². The van der Waals surface area contributed by atoms with Crippen molar-refractivity contribution < 1.29 is 14.3 Å². The van der Waals surface area contributed by atoms with Crippen molar-refractivity contribution in [3.63, 3.8) is 0 Å². The van der Waals surface area contributed by atoms with Gasteiger partial charge in [0.2, 0.25) is 0 Å². The minimum Gasteiger partial charge on any atom is -0.444 e. The smallest absolute Gasteiger partial charge is 0.407 e. The summed E-state index contributed by atoms with van der Waals surface area (Å²) < 4.78 is 7.41. The molecular formula is C22H31N5O3. The highest BCUT2D eigenvalue weighted by Gasteiger charge is 2.16. The number of carbonyl (C=O) groups excluding carboxylic acids is 2. The van der Waals surface area contributed by atoms with Crippen LogP contribution in [0.2, 0.25) is 0 Å². The van der Waals surface area contributed by atoms with Crippen molar-refractivity contribution in [1.82, 2.24) is 25.4 Å². The maximum atomic E-state index is 12.4. The number of fused-ring (bicyclic) bond motifs is 1. The van der Waals surface area contributed by atoms with Crippen molar-refractivity contribution >= 4 is 12.0 Å². The lowest BCUT2D eigenvalue weighted by molar-refractivity contribution is 0.0523. The van der Waals surface area contributed by atoms with E-state index >= 15 is 0 Å². The lowest BCUT2D eigenvalue weighted by Gasteiger charge is -2.19. The van der Waals surface area contributed by atoms with E-state index < -0.39 is 11.7 Å². The lowest BCUT2D eigenvalue weighted by Crippen LogP contribution is -2.32. The molecule has 162 valence electrons. The lowest BCUT2D eigenvalue weighted by atomic mass is 10.1. The van der Waals surface area contributed by atoms with Crippen molar-refractivity contribution in [3.8, 4) is 0 Å². The van der Waals surface area contributed by atoms with Crippen LogP contribution in [0, 0.1) is 0 Å². The van der Waals surface area contributed by atoms with Crippen molar-refractivity contribution in [3.05, 3.63) is 47.0 Å². The number of rotatable bonds is 6. The zero-order chi connectivity index (χ0) is 21.6. The van der Waals surface area contributed by atoms with Gasteiger partial charge >= 0.3 is 6.09 Å². The van der Waals surface area contributed by atoms with E-state index in [4.69, 9.17) is 4.74 Å². The SMILES string of the molecule is CC(C)(C)OC(=O)NCc1ccc(C(=O)NCCc2nnc3n2CCCCC3)cc1. The molecule has 3 rings (SSSR count). The summed E-state index contributed by atoms with van der Waals surface area (Å²) in [6, 6.07) is 7.16.